The van der Waals surface area contributed by atoms with Crippen LogP contribution in [0.15, 0.2) is 52.0 Å². The fourth-order valence-electron chi connectivity index (χ4n) is 4.90. The van der Waals surface area contributed by atoms with Gasteiger partial charge in [-0.05, 0) is 80.1 Å². The molecule has 1 unspecified atom stereocenters. The molecule has 0 aromatic heterocycles. The molecule has 2 aliphatic rings. The molecule has 224 valence electrons. The summed E-state index contributed by atoms with van der Waals surface area (Å²) in [7, 11) is -2.02. The molecule has 1 fully saturated rings. The second kappa shape index (κ2) is 11.9. The number of aliphatic hydroxyl groups is 1. The normalized spacial score (nSPS) is 21.2. The SMILES string of the molecule is Cc1cc(SC2=C(O)CC(C)(CCc3ccc(N)cc3)OC2=O)c(C(C)(C)C)cc1OS(=O)(=O)N1CCN(C)CC1. The summed E-state index contributed by atoms with van der Waals surface area (Å²) in [5.74, 6) is -0.339. The summed E-state index contributed by atoms with van der Waals surface area (Å²) in [6.07, 6.45) is 1.42. The number of benzene rings is 2. The van der Waals surface area contributed by atoms with Gasteiger partial charge in [0.15, 0.2) is 0 Å². The summed E-state index contributed by atoms with van der Waals surface area (Å²) >= 11 is 1.14. The third-order valence-electron chi connectivity index (χ3n) is 7.52. The molecule has 2 aromatic rings. The Morgan fingerprint density at radius 1 is 1.12 bits per heavy atom. The molecular weight excluding hydrogens is 562 g/mol. The van der Waals surface area contributed by atoms with Crippen molar-refractivity contribution in [1.29, 1.82) is 0 Å². The zero-order valence-corrected chi connectivity index (χ0v) is 26.3. The molecule has 41 heavy (non-hydrogen) atoms. The highest BCUT2D eigenvalue weighted by atomic mass is 32.2. The molecule has 0 aliphatic carbocycles. The lowest BCUT2D eigenvalue weighted by atomic mass is 9.86. The Kier molecular flexibility index (Phi) is 9.04. The number of nitrogens with zero attached hydrogens (tertiary/aromatic N) is 2. The number of carbonyl (C=O) groups excluding carboxylic acids is 1. The highest BCUT2D eigenvalue weighted by Gasteiger charge is 2.39. The van der Waals surface area contributed by atoms with Gasteiger partial charge in [-0.3, -0.25) is 0 Å². The van der Waals surface area contributed by atoms with E-state index >= 15 is 0 Å². The fraction of sp³-hybridized carbons (Fsp3) is 0.500. The van der Waals surface area contributed by atoms with E-state index in [0.29, 0.717) is 50.3 Å². The maximum atomic E-state index is 13.2. The number of likely N-dealkylation sites (N-methyl/N-ethyl adjacent to an activating group) is 1. The first-order valence-corrected chi connectivity index (χ1v) is 16.0. The van der Waals surface area contributed by atoms with Crippen molar-refractivity contribution < 1.29 is 27.2 Å². The Bertz CT molecular complexity index is 1430. The minimum Gasteiger partial charge on any atom is -0.511 e. The molecule has 11 heteroatoms. The second-order valence-corrected chi connectivity index (χ2v) is 14.8. The quantitative estimate of drug-likeness (QED) is 0.319. The van der Waals surface area contributed by atoms with Crippen molar-refractivity contribution in [2.75, 3.05) is 39.0 Å². The van der Waals surface area contributed by atoms with Crippen molar-refractivity contribution in [3.05, 3.63) is 63.8 Å². The van der Waals surface area contributed by atoms with E-state index in [1.807, 2.05) is 65.1 Å². The van der Waals surface area contributed by atoms with Gasteiger partial charge in [-0.1, -0.05) is 44.7 Å². The summed E-state index contributed by atoms with van der Waals surface area (Å²) in [4.78, 5) is 16.1. The van der Waals surface area contributed by atoms with Crippen LogP contribution in [0.3, 0.4) is 0 Å². The van der Waals surface area contributed by atoms with Crippen LogP contribution in [0.4, 0.5) is 5.69 Å². The number of cyclic esters (lactones) is 1. The number of piperazine rings is 1. The van der Waals surface area contributed by atoms with Crippen LogP contribution in [0.25, 0.3) is 0 Å². The number of ether oxygens (including phenoxy) is 1. The molecule has 2 aliphatic heterocycles. The first kappa shape index (κ1) is 31.2. The topological polar surface area (TPSA) is 122 Å². The first-order valence-electron chi connectivity index (χ1n) is 13.8. The number of hydrogen-bond acceptors (Lipinski definition) is 9. The lowest BCUT2D eigenvalue weighted by Crippen LogP contribution is -2.48. The summed E-state index contributed by atoms with van der Waals surface area (Å²) < 4.78 is 39.0. The van der Waals surface area contributed by atoms with Gasteiger partial charge in [-0.2, -0.15) is 12.7 Å². The standard InChI is InChI=1S/C30H41N3O6S2/c1-20-17-26(23(29(2,3)4)18-25(20)39-41(36,37)33-15-13-32(6)14-16-33)40-27-24(34)19-30(5,38-28(27)35)12-11-21-7-9-22(31)10-8-21/h7-10,17-18,34H,11-16,19,31H2,1-6H3. The van der Waals surface area contributed by atoms with Crippen LogP contribution in [0.2, 0.25) is 0 Å². The number of esters is 1. The van der Waals surface area contributed by atoms with Gasteiger partial charge in [0.1, 0.15) is 22.0 Å². The van der Waals surface area contributed by atoms with Gasteiger partial charge >= 0.3 is 16.3 Å². The molecule has 4 rings (SSSR count). The van der Waals surface area contributed by atoms with E-state index in [1.165, 1.54) is 4.31 Å². The number of aliphatic hydroxyl groups excluding tert-OH is 1. The van der Waals surface area contributed by atoms with Gasteiger partial charge in [0, 0.05) is 43.2 Å². The minimum atomic E-state index is -3.97. The van der Waals surface area contributed by atoms with Crippen molar-refractivity contribution in [2.45, 2.75) is 69.8 Å². The first-order chi connectivity index (χ1) is 19.1. The van der Waals surface area contributed by atoms with E-state index in [-0.39, 0.29) is 22.8 Å². The number of rotatable bonds is 8. The number of nitrogens with two attached hydrogens (primary N) is 1. The Labute approximate surface area is 247 Å². The van der Waals surface area contributed by atoms with Crippen LogP contribution in [0.5, 0.6) is 5.75 Å². The van der Waals surface area contributed by atoms with Crippen LogP contribution < -0.4 is 9.92 Å². The summed E-state index contributed by atoms with van der Waals surface area (Å²) in [5, 5.41) is 11.0. The zero-order valence-electron chi connectivity index (χ0n) is 24.7. The molecule has 0 amide bonds. The smallest absolute Gasteiger partial charge is 0.385 e. The molecule has 0 radical (unpaired) electrons. The zero-order chi connectivity index (χ0) is 30.2. The molecular formula is C30H41N3O6S2. The van der Waals surface area contributed by atoms with E-state index in [2.05, 4.69) is 4.90 Å². The average Bonchev–Trinajstić information content (AvgIpc) is 2.87. The number of anilines is 1. The van der Waals surface area contributed by atoms with Crippen LogP contribution in [0, 0.1) is 6.92 Å². The molecule has 0 saturated carbocycles. The number of nitrogen functional groups attached to an aromatic ring is 1. The maximum absolute atomic E-state index is 13.2. The summed E-state index contributed by atoms with van der Waals surface area (Å²) in [6.45, 7) is 11.6. The van der Waals surface area contributed by atoms with Crippen molar-refractivity contribution >= 4 is 33.7 Å². The van der Waals surface area contributed by atoms with Crippen LogP contribution in [-0.4, -0.2) is 67.5 Å². The average molecular weight is 604 g/mol. The predicted molar refractivity (Wildman–Crippen MR) is 162 cm³/mol. The fourth-order valence-corrected chi connectivity index (χ4v) is 7.27. The molecule has 0 spiro atoms. The van der Waals surface area contributed by atoms with Gasteiger partial charge in [-0.15, -0.1) is 0 Å². The van der Waals surface area contributed by atoms with Gasteiger partial charge in [0.25, 0.3) is 0 Å². The summed E-state index contributed by atoms with van der Waals surface area (Å²) in [5.41, 5.74) is 7.68. The highest BCUT2D eigenvalue weighted by Crippen LogP contribution is 2.44. The minimum absolute atomic E-state index is 0.0125. The third kappa shape index (κ3) is 7.57. The Hall–Kier alpha value is -2.73. The number of thioether (sulfide) groups is 1. The Morgan fingerprint density at radius 2 is 1.76 bits per heavy atom. The van der Waals surface area contributed by atoms with Crippen LogP contribution >= 0.6 is 11.8 Å². The number of aryl methyl sites for hydroxylation is 2. The van der Waals surface area contributed by atoms with E-state index in [4.69, 9.17) is 14.7 Å². The predicted octanol–water partition coefficient (Wildman–Crippen LogP) is 4.95. The van der Waals surface area contributed by atoms with E-state index in [1.54, 1.807) is 13.0 Å². The van der Waals surface area contributed by atoms with E-state index in [0.717, 1.165) is 27.8 Å². The van der Waals surface area contributed by atoms with Crippen molar-refractivity contribution in [1.82, 2.24) is 9.21 Å². The monoisotopic (exact) mass is 603 g/mol. The van der Waals surface area contributed by atoms with Gasteiger partial charge < -0.3 is 24.7 Å². The molecule has 9 nitrogen and oxygen atoms in total. The Balaban J connectivity index is 1.55. The van der Waals surface area contributed by atoms with Crippen molar-refractivity contribution in [3.63, 3.8) is 0 Å². The van der Waals surface area contributed by atoms with E-state index < -0.39 is 27.3 Å². The van der Waals surface area contributed by atoms with Crippen LogP contribution in [0.1, 0.15) is 57.2 Å². The molecule has 1 atom stereocenters. The van der Waals surface area contributed by atoms with Crippen molar-refractivity contribution in [2.24, 2.45) is 0 Å². The summed E-state index contributed by atoms with van der Waals surface area (Å²) in [6, 6.07) is 11.1. The van der Waals surface area contributed by atoms with E-state index in [9.17, 15) is 18.3 Å². The van der Waals surface area contributed by atoms with Crippen molar-refractivity contribution in [3.8, 4) is 5.75 Å². The molecule has 2 heterocycles. The van der Waals surface area contributed by atoms with Gasteiger partial charge in [-0.25, -0.2) is 4.79 Å². The number of hydrogen-bond donors (Lipinski definition) is 2. The van der Waals surface area contributed by atoms with Gasteiger partial charge in [0.05, 0.1) is 0 Å². The number of carbonyl (C=O) groups is 1. The highest BCUT2D eigenvalue weighted by molar-refractivity contribution is 8.04. The lowest BCUT2D eigenvalue weighted by molar-refractivity contribution is -0.156. The van der Waals surface area contributed by atoms with Gasteiger partial charge in [0.2, 0.25) is 0 Å². The third-order valence-corrected chi connectivity index (χ3v) is 10.1. The molecule has 0 bridgehead atoms. The second-order valence-electron chi connectivity index (χ2n) is 12.2. The largest absolute Gasteiger partial charge is 0.511 e. The molecule has 2 aromatic carbocycles. The molecule has 3 N–H and O–H groups in total. The van der Waals surface area contributed by atoms with Crippen LogP contribution in [-0.2, 0) is 31.7 Å². The maximum Gasteiger partial charge on any atom is 0.385 e. The Morgan fingerprint density at radius 3 is 2.34 bits per heavy atom. The molecule has 1 saturated heterocycles. The lowest BCUT2D eigenvalue weighted by Gasteiger charge is -2.34.